The molecule has 0 amide bonds. The van der Waals surface area contributed by atoms with Crippen LogP contribution in [0.15, 0.2) is 18.7 Å². The molecule has 1 fully saturated rings. The standard InChI is InChI=1S/C22H29N7O6S/c1-13-9-24-15(10-23-13)19(32-3)14(2)36(30,31)11-17-27-28-20(16-7-6-8-35-16)29(17)18-21(33-4)25-12-26-22(18)34-5/h9-10,12,14,16,19H,6-8,11H2,1-5H3/t14-,16+,19-/m0/s1. The van der Waals surface area contributed by atoms with E-state index in [-0.39, 0.29) is 23.7 Å². The van der Waals surface area contributed by atoms with Gasteiger partial charge in [-0.3, -0.25) is 14.5 Å². The van der Waals surface area contributed by atoms with E-state index >= 15 is 0 Å². The molecule has 0 saturated carbocycles. The first-order valence-corrected chi connectivity index (χ1v) is 13.0. The number of rotatable bonds is 10. The zero-order valence-electron chi connectivity index (χ0n) is 20.8. The van der Waals surface area contributed by atoms with Crippen LogP contribution in [0.1, 0.15) is 55.0 Å². The van der Waals surface area contributed by atoms with Crippen LogP contribution in [0.3, 0.4) is 0 Å². The summed E-state index contributed by atoms with van der Waals surface area (Å²) in [6.07, 6.45) is 4.72. The molecule has 0 aromatic carbocycles. The molecule has 1 saturated heterocycles. The van der Waals surface area contributed by atoms with Gasteiger partial charge in [-0.1, -0.05) is 0 Å². The van der Waals surface area contributed by atoms with Crippen LogP contribution in [0, 0.1) is 6.92 Å². The minimum atomic E-state index is -3.84. The van der Waals surface area contributed by atoms with Crippen LogP contribution in [0.25, 0.3) is 5.69 Å². The lowest BCUT2D eigenvalue weighted by Gasteiger charge is -2.22. The van der Waals surface area contributed by atoms with E-state index in [0.717, 1.165) is 6.42 Å². The van der Waals surface area contributed by atoms with Crippen LogP contribution >= 0.6 is 0 Å². The first-order valence-electron chi connectivity index (χ1n) is 11.3. The maximum absolute atomic E-state index is 13.6. The molecule has 0 radical (unpaired) electrons. The van der Waals surface area contributed by atoms with Crippen LogP contribution in [0.2, 0.25) is 0 Å². The smallest absolute Gasteiger partial charge is 0.245 e. The number of hydrogen-bond donors (Lipinski definition) is 0. The summed E-state index contributed by atoms with van der Waals surface area (Å²) >= 11 is 0. The van der Waals surface area contributed by atoms with Crippen molar-refractivity contribution in [1.82, 2.24) is 34.7 Å². The second-order valence-electron chi connectivity index (χ2n) is 8.30. The summed E-state index contributed by atoms with van der Waals surface area (Å²) in [6, 6.07) is 0. The van der Waals surface area contributed by atoms with E-state index in [1.54, 1.807) is 24.6 Å². The van der Waals surface area contributed by atoms with Crippen molar-refractivity contribution in [2.24, 2.45) is 0 Å². The quantitative estimate of drug-likeness (QED) is 0.383. The highest BCUT2D eigenvalue weighted by Crippen LogP contribution is 2.36. The Hall–Kier alpha value is -3.23. The number of nitrogens with zero attached hydrogens (tertiary/aromatic N) is 7. The van der Waals surface area contributed by atoms with E-state index in [2.05, 4.69) is 30.1 Å². The molecule has 0 N–H and O–H groups in total. The molecule has 14 heteroatoms. The number of ether oxygens (including phenoxy) is 4. The number of methoxy groups -OCH3 is 3. The lowest BCUT2D eigenvalue weighted by molar-refractivity contribution is 0.0983. The fourth-order valence-corrected chi connectivity index (χ4v) is 5.53. The predicted molar refractivity (Wildman–Crippen MR) is 127 cm³/mol. The second kappa shape index (κ2) is 10.8. The zero-order chi connectivity index (χ0) is 25.9. The summed E-state index contributed by atoms with van der Waals surface area (Å²) in [5, 5.41) is 7.58. The van der Waals surface area contributed by atoms with Crippen molar-refractivity contribution in [2.75, 3.05) is 27.9 Å². The van der Waals surface area contributed by atoms with Gasteiger partial charge in [0.05, 0.1) is 37.1 Å². The monoisotopic (exact) mass is 519 g/mol. The maximum Gasteiger partial charge on any atom is 0.245 e. The predicted octanol–water partition coefficient (Wildman–Crippen LogP) is 1.72. The summed E-state index contributed by atoms with van der Waals surface area (Å²) in [7, 11) is 0.496. The molecular weight excluding hydrogens is 490 g/mol. The van der Waals surface area contributed by atoms with Crippen LogP contribution in [-0.2, 0) is 25.1 Å². The van der Waals surface area contributed by atoms with Crippen molar-refractivity contribution in [3.8, 4) is 17.4 Å². The van der Waals surface area contributed by atoms with Crippen molar-refractivity contribution in [1.29, 1.82) is 0 Å². The van der Waals surface area contributed by atoms with Gasteiger partial charge in [0.1, 0.15) is 24.3 Å². The van der Waals surface area contributed by atoms with Gasteiger partial charge in [-0.25, -0.2) is 8.42 Å². The SMILES string of the molecule is COc1ncnc(OC)c1-n1c(CS(=O)(=O)[C@@H](C)[C@H](OC)c2cnc(C)cn2)nnc1[C@H]1CCCO1. The van der Waals surface area contributed by atoms with Crippen molar-refractivity contribution < 1.29 is 27.4 Å². The molecule has 0 spiro atoms. The third-order valence-electron chi connectivity index (χ3n) is 6.01. The average molecular weight is 520 g/mol. The van der Waals surface area contributed by atoms with Crippen molar-refractivity contribution in [3.63, 3.8) is 0 Å². The summed E-state index contributed by atoms with van der Waals surface area (Å²) in [5.74, 6) is 0.469. The van der Waals surface area contributed by atoms with E-state index in [4.69, 9.17) is 18.9 Å². The molecule has 0 aliphatic carbocycles. The highest BCUT2D eigenvalue weighted by molar-refractivity contribution is 7.91. The number of sulfone groups is 1. The first-order chi connectivity index (χ1) is 17.3. The molecule has 3 aromatic heterocycles. The van der Waals surface area contributed by atoms with Gasteiger partial charge < -0.3 is 18.9 Å². The first kappa shape index (κ1) is 25.9. The molecule has 0 unspecified atom stereocenters. The Morgan fingerprint density at radius 1 is 1.08 bits per heavy atom. The number of hydrogen-bond acceptors (Lipinski definition) is 12. The third kappa shape index (κ3) is 5.01. The summed E-state index contributed by atoms with van der Waals surface area (Å²) in [4.78, 5) is 16.9. The Labute approximate surface area is 209 Å². The van der Waals surface area contributed by atoms with Crippen molar-refractivity contribution in [2.45, 2.75) is 49.9 Å². The van der Waals surface area contributed by atoms with Gasteiger partial charge in [-0.15, -0.1) is 10.2 Å². The summed E-state index contributed by atoms with van der Waals surface area (Å²) < 4.78 is 51.1. The minimum absolute atomic E-state index is 0.142. The van der Waals surface area contributed by atoms with Crippen LogP contribution in [-0.4, -0.2) is 76.3 Å². The highest BCUT2D eigenvalue weighted by atomic mass is 32.2. The number of aryl methyl sites for hydroxylation is 1. The molecule has 4 rings (SSSR count). The molecule has 1 aliphatic heterocycles. The molecule has 3 aromatic rings. The average Bonchev–Trinajstić information content (AvgIpc) is 3.54. The normalized spacial score (nSPS) is 17.6. The zero-order valence-corrected chi connectivity index (χ0v) is 21.6. The lowest BCUT2D eigenvalue weighted by Crippen LogP contribution is -2.29. The van der Waals surface area contributed by atoms with Crippen LogP contribution < -0.4 is 9.47 Å². The molecule has 4 heterocycles. The Balaban J connectivity index is 1.77. The van der Waals surface area contributed by atoms with Crippen LogP contribution in [0.4, 0.5) is 0 Å². The third-order valence-corrected chi connectivity index (χ3v) is 8.05. The maximum atomic E-state index is 13.6. The van der Waals surface area contributed by atoms with E-state index < -0.39 is 26.9 Å². The van der Waals surface area contributed by atoms with Gasteiger partial charge in [-0.05, 0) is 26.7 Å². The molecule has 0 bridgehead atoms. The molecule has 194 valence electrons. The fourth-order valence-electron chi connectivity index (χ4n) is 4.10. The van der Waals surface area contributed by atoms with Crippen molar-refractivity contribution >= 4 is 9.84 Å². The Kier molecular flexibility index (Phi) is 7.76. The van der Waals surface area contributed by atoms with E-state index in [9.17, 15) is 8.42 Å². The Bertz CT molecular complexity index is 1270. The van der Waals surface area contributed by atoms with Gasteiger partial charge in [0, 0.05) is 19.9 Å². The van der Waals surface area contributed by atoms with Crippen molar-refractivity contribution in [3.05, 3.63) is 41.8 Å². The Morgan fingerprint density at radius 2 is 1.81 bits per heavy atom. The molecular formula is C22H29N7O6S. The summed E-state index contributed by atoms with van der Waals surface area (Å²) in [6.45, 7) is 3.93. The molecule has 1 aliphatic rings. The largest absolute Gasteiger partial charge is 0.479 e. The molecule has 13 nitrogen and oxygen atoms in total. The van der Waals surface area contributed by atoms with E-state index in [0.29, 0.717) is 35.9 Å². The minimum Gasteiger partial charge on any atom is -0.479 e. The topological polar surface area (TPSA) is 153 Å². The van der Waals surface area contributed by atoms with Gasteiger partial charge in [0.25, 0.3) is 0 Å². The lowest BCUT2D eigenvalue weighted by atomic mass is 10.2. The van der Waals surface area contributed by atoms with E-state index in [1.165, 1.54) is 33.9 Å². The second-order valence-corrected chi connectivity index (χ2v) is 10.7. The van der Waals surface area contributed by atoms with Gasteiger partial charge in [0.2, 0.25) is 11.8 Å². The fraction of sp³-hybridized carbons (Fsp3) is 0.545. The van der Waals surface area contributed by atoms with Crippen LogP contribution in [0.5, 0.6) is 11.8 Å². The highest BCUT2D eigenvalue weighted by Gasteiger charge is 2.36. The molecule has 36 heavy (non-hydrogen) atoms. The van der Waals surface area contributed by atoms with Gasteiger partial charge in [-0.2, -0.15) is 9.97 Å². The van der Waals surface area contributed by atoms with E-state index in [1.807, 2.05) is 0 Å². The van der Waals surface area contributed by atoms with Gasteiger partial charge >= 0.3 is 0 Å². The van der Waals surface area contributed by atoms with Gasteiger partial charge in [0.15, 0.2) is 27.2 Å². The number of aromatic nitrogens is 7. The summed E-state index contributed by atoms with van der Waals surface area (Å²) in [5.41, 5.74) is 1.43. The Morgan fingerprint density at radius 3 is 2.36 bits per heavy atom. The molecule has 3 atom stereocenters.